The molecule has 0 bridgehead atoms. The lowest BCUT2D eigenvalue weighted by Gasteiger charge is -2.15. The molecule has 8 heteroatoms. The molecule has 0 aliphatic rings. The summed E-state index contributed by atoms with van der Waals surface area (Å²) < 4.78 is 0. The fraction of sp³-hybridized carbons (Fsp3) is 0.200. The predicted octanol–water partition coefficient (Wildman–Crippen LogP) is 4.28. The van der Waals surface area contributed by atoms with E-state index >= 15 is 0 Å². The topological polar surface area (TPSA) is 58.9 Å². The van der Waals surface area contributed by atoms with Gasteiger partial charge in [-0.1, -0.05) is 46.4 Å². The van der Waals surface area contributed by atoms with E-state index in [1.807, 2.05) is 0 Å². The van der Waals surface area contributed by atoms with Gasteiger partial charge in [-0.15, -0.1) is 0 Å². The van der Waals surface area contributed by atoms with Gasteiger partial charge < -0.3 is 0 Å². The van der Waals surface area contributed by atoms with E-state index in [-0.39, 0.29) is 25.7 Å². The number of isocyanates is 2. The number of rotatable bonds is 3. The van der Waals surface area contributed by atoms with Gasteiger partial charge in [0.25, 0.3) is 0 Å². The van der Waals surface area contributed by atoms with E-state index in [1.54, 1.807) is 6.92 Å². The van der Waals surface area contributed by atoms with Crippen molar-refractivity contribution in [3.8, 4) is 0 Å². The zero-order chi connectivity index (χ0) is 13.9. The van der Waals surface area contributed by atoms with Crippen LogP contribution in [0.15, 0.2) is 9.98 Å². The van der Waals surface area contributed by atoms with Gasteiger partial charge in [-0.3, -0.25) is 0 Å². The average Bonchev–Trinajstić information content (AvgIpc) is 2.35. The highest BCUT2D eigenvalue weighted by Crippen LogP contribution is 2.44. The van der Waals surface area contributed by atoms with E-state index in [0.717, 1.165) is 0 Å². The number of nitrogens with zero attached hydrogens (tertiary/aromatic N) is 2. The molecule has 0 spiro atoms. The van der Waals surface area contributed by atoms with Crippen molar-refractivity contribution in [1.29, 1.82) is 0 Å². The number of hydrogen-bond acceptors (Lipinski definition) is 4. The summed E-state index contributed by atoms with van der Waals surface area (Å²) in [4.78, 5) is 27.3. The molecular formula is C10H4Cl4N2O2. The molecule has 0 aliphatic heterocycles. The number of aliphatic imine (C=N–C) groups is 2. The van der Waals surface area contributed by atoms with Gasteiger partial charge in [0.2, 0.25) is 12.2 Å². The van der Waals surface area contributed by atoms with E-state index in [4.69, 9.17) is 46.4 Å². The van der Waals surface area contributed by atoms with E-state index in [9.17, 15) is 9.59 Å². The summed E-state index contributed by atoms with van der Waals surface area (Å²) >= 11 is 23.7. The first kappa shape index (κ1) is 15.2. The van der Waals surface area contributed by atoms with Gasteiger partial charge in [0.05, 0.1) is 20.1 Å². The molecule has 18 heavy (non-hydrogen) atoms. The summed E-state index contributed by atoms with van der Waals surface area (Å²) in [6.45, 7) is 1.58. The van der Waals surface area contributed by atoms with Crippen LogP contribution in [0.5, 0.6) is 0 Å². The number of carbonyl (C=O) groups excluding carboxylic acids is 2. The Morgan fingerprint density at radius 1 is 0.889 bits per heavy atom. The summed E-state index contributed by atoms with van der Waals surface area (Å²) in [5.41, 5.74) is 0.627. The average molecular weight is 326 g/mol. The summed E-state index contributed by atoms with van der Waals surface area (Å²) in [5.74, 6) is 0. The largest absolute Gasteiger partial charge is 0.237 e. The first-order valence-electron chi connectivity index (χ1n) is 4.42. The number of hydrogen-bond donors (Lipinski definition) is 0. The van der Waals surface area contributed by atoms with Gasteiger partial charge in [0.1, 0.15) is 0 Å². The van der Waals surface area contributed by atoms with Gasteiger partial charge in [-0.05, 0) is 12.5 Å². The first-order valence-corrected chi connectivity index (χ1v) is 5.93. The van der Waals surface area contributed by atoms with Crippen LogP contribution < -0.4 is 0 Å². The molecule has 1 aromatic carbocycles. The van der Waals surface area contributed by atoms with E-state index < -0.39 is 6.17 Å². The van der Waals surface area contributed by atoms with Crippen LogP contribution >= 0.6 is 46.4 Å². The van der Waals surface area contributed by atoms with Crippen molar-refractivity contribution in [3.05, 3.63) is 31.2 Å². The summed E-state index contributed by atoms with van der Waals surface area (Å²) in [5, 5.41) is 0.240. The summed E-state index contributed by atoms with van der Waals surface area (Å²) in [6.07, 6.45) is 1.37. The minimum Gasteiger partial charge on any atom is -0.211 e. The van der Waals surface area contributed by atoms with Crippen LogP contribution in [0.2, 0.25) is 20.1 Å². The Morgan fingerprint density at radius 2 is 1.33 bits per heavy atom. The molecule has 0 aromatic heterocycles. The first-order chi connectivity index (χ1) is 8.45. The maximum absolute atomic E-state index is 10.3. The van der Waals surface area contributed by atoms with Gasteiger partial charge in [-0.2, -0.15) is 9.98 Å². The zero-order valence-electron chi connectivity index (χ0n) is 8.80. The number of halogens is 4. The van der Waals surface area contributed by atoms with Crippen LogP contribution in [-0.4, -0.2) is 12.2 Å². The van der Waals surface area contributed by atoms with Crippen molar-refractivity contribution >= 4 is 58.6 Å². The third-order valence-electron chi connectivity index (χ3n) is 2.16. The molecule has 0 amide bonds. The monoisotopic (exact) mass is 324 g/mol. The van der Waals surface area contributed by atoms with Crippen molar-refractivity contribution in [3.63, 3.8) is 0 Å². The van der Waals surface area contributed by atoms with Crippen molar-refractivity contribution in [2.75, 3.05) is 0 Å². The second-order valence-corrected chi connectivity index (χ2v) is 4.62. The SMILES string of the molecule is Cc1c(Cl)c(Cl)c(Cl)c(Cl)c1C(N=C=O)N=C=O. The Kier molecular flexibility index (Phi) is 5.36. The van der Waals surface area contributed by atoms with Crippen LogP contribution in [-0.2, 0) is 9.59 Å². The molecule has 94 valence electrons. The van der Waals surface area contributed by atoms with Crippen LogP contribution in [0.4, 0.5) is 0 Å². The fourth-order valence-corrected chi connectivity index (χ4v) is 2.38. The molecule has 0 fully saturated rings. The van der Waals surface area contributed by atoms with Crippen molar-refractivity contribution < 1.29 is 9.59 Å². The van der Waals surface area contributed by atoms with Crippen molar-refractivity contribution in [2.24, 2.45) is 9.98 Å². The van der Waals surface area contributed by atoms with E-state index in [1.165, 1.54) is 12.2 Å². The van der Waals surface area contributed by atoms with Crippen LogP contribution in [0.3, 0.4) is 0 Å². The van der Waals surface area contributed by atoms with Crippen LogP contribution in [0, 0.1) is 6.92 Å². The molecule has 1 aromatic rings. The third kappa shape index (κ3) is 2.76. The quantitative estimate of drug-likeness (QED) is 0.360. The van der Waals surface area contributed by atoms with Crippen LogP contribution in [0.25, 0.3) is 0 Å². The minimum atomic E-state index is -1.19. The maximum Gasteiger partial charge on any atom is 0.237 e. The van der Waals surface area contributed by atoms with Gasteiger partial charge in [0, 0.05) is 5.56 Å². The number of benzene rings is 1. The highest BCUT2D eigenvalue weighted by atomic mass is 35.5. The maximum atomic E-state index is 10.3. The third-order valence-corrected chi connectivity index (χ3v) is 4.07. The van der Waals surface area contributed by atoms with Crippen LogP contribution in [0.1, 0.15) is 17.3 Å². The second-order valence-electron chi connectivity index (χ2n) is 3.11. The van der Waals surface area contributed by atoms with Gasteiger partial charge in [-0.25, -0.2) is 9.59 Å². The van der Waals surface area contributed by atoms with Gasteiger partial charge in [0.15, 0.2) is 6.17 Å². The molecule has 0 saturated heterocycles. The Labute approximate surface area is 122 Å². The molecular weight excluding hydrogens is 322 g/mol. The van der Waals surface area contributed by atoms with Crippen molar-refractivity contribution in [1.82, 2.24) is 0 Å². The standard InChI is InChI=1S/C10H4Cl4N2O2/c1-4-5(10(15-2-17)16-3-18)7(12)9(14)8(13)6(4)11/h10H,1H3. The molecule has 0 saturated carbocycles. The molecule has 0 unspecified atom stereocenters. The van der Waals surface area contributed by atoms with E-state index in [2.05, 4.69) is 9.98 Å². The molecule has 4 nitrogen and oxygen atoms in total. The normalized spacial score (nSPS) is 11.4. The molecule has 0 N–H and O–H groups in total. The highest BCUT2D eigenvalue weighted by Gasteiger charge is 2.23. The summed E-state index contributed by atoms with van der Waals surface area (Å²) in [6, 6.07) is 0. The Morgan fingerprint density at radius 3 is 1.78 bits per heavy atom. The molecule has 0 aliphatic carbocycles. The lowest BCUT2D eigenvalue weighted by molar-refractivity contribution is 0.551. The molecule has 0 radical (unpaired) electrons. The summed E-state index contributed by atoms with van der Waals surface area (Å²) in [7, 11) is 0. The Balaban J connectivity index is 3.67. The predicted molar refractivity (Wildman–Crippen MR) is 70.2 cm³/mol. The molecule has 1 rings (SSSR count). The van der Waals surface area contributed by atoms with Gasteiger partial charge >= 0.3 is 0 Å². The Hall–Kier alpha value is -0.860. The molecule has 0 atom stereocenters. The smallest absolute Gasteiger partial charge is 0.211 e. The van der Waals surface area contributed by atoms with Crippen molar-refractivity contribution in [2.45, 2.75) is 13.1 Å². The van der Waals surface area contributed by atoms with E-state index in [0.29, 0.717) is 5.56 Å². The lowest BCUT2D eigenvalue weighted by Crippen LogP contribution is -1.99. The Bertz CT molecular complexity index is 543. The fourth-order valence-electron chi connectivity index (χ4n) is 1.32. The second kappa shape index (κ2) is 6.35. The minimum absolute atomic E-state index is 0.00358. The lowest BCUT2D eigenvalue weighted by atomic mass is 10.1. The molecule has 0 heterocycles. The highest BCUT2D eigenvalue weighted by molar-refractivity contribution is 6.52. The zero-order valence-corrected chi connectivity index (χ0v) is 11.8.